The number of carbonyl (C=O) groups excluding carboxylic acids is 1. The van der Waals surface area contributed by atoms with Crippen molar-refractivity contribution in [3.05, 3.63) is 40.7 Å². The van der Waals surface area contributed by atoms with Crippen molar-refractivity contribution in [2.45, 2.75) is 6.92 Å². The fourth-order valence-electron chi connectivity index (χ4n) is 2.95. The molecule has 7 nitrogen and oxygen atoms in total. The summed E-state index contributed by atoms with van der Waals surface area (Å²) in [5, 5.41) is 0.511. The van der Waals surface area contributed by atoms with Gasteiger partial charge in [-0.3, -0.25) is 4.79 Å². The quantitative estimate of drug-likeness (QED) is 0.816. The predicted octanol–water partition coefficient (Wildman–Crippen LogP) is 2.42. The normalized spacial score (nSPS) is 14.3. The van der Waals surface area contributed by atoms with Crippen LogP contribution in [0.1, 0.15) is 16.2 Å². The Bertz CT molecular complexity index is 807. The molecule has 2 heterocycles. The van der Waals surface area contributed by atoms with Gasteiger partial charge in [0.2, 0.25) is 5.88 Å². The van der Waals surface area contributed by atoms with Crippen LogP contribution in [0.2, 0.25) is 5.02 Å². The summed E-state index contributed by atoms with van der Waals surface area (Å²) in [6.07, 6.45) is 0. The number of piperazine rings is 1. The molecule has 1 aliphatic rings. The topological polar surface area (TPSA) is 67.8 Å². The maximum absolute atomic E-state index is 12.9. The third-order valence-corrected chi connectivity index (χ3v) is 4.53. The minimum absolute atomic E-state index is 0.0829. The SMILES string of the molecule is COc1cc(N2CCN(C(=O)c3cc(Cl)ccc3OC)CC2)nc(C)n1. The highest BCUT2D eigenvalue weighted by atomic mass is 35.5. The van der Waals surface area contributed by atoms with E-state index < -0.39 is 0 Å². The molecule has 0 N–H and O–H groups in total. The molecule has 1 fully saturated rings. The van der Waals surface area contributed by atoms with Gasteiger partial charge in [-0.25, -0.2) is 4.98 Å². The standard InChI is InChI=1S/C18H21ClN4O3/c1-12-20-16(11-17(21-12)26-3)22-6-8-23(9-7-22)18(24)14-10-13(19)4-5-15(14)25-2/h4-5,10-11H,6-9H2,1-3H3. The van der Waals surface area contributed by atoms with Crippen LogP contribution < -0.4 is 14.4 Å². The zero-order valence-corrected chi connectivity index (χ0v) is 15.8. The Labute approximate surface area is 157 Å². The Morgan fingerprint density at radius 2 is 1.81 bits per heavy atom. The third kappa shape index (κ3) is 3.83. The van der Waals surface area contributed by atoms with Gasteiger partial charge >= 0.3 is 0 Å². The van der Waals surface area contributed by atoms with Crippen molar-refractivity contribution in [2.24, 2.45) is 0 Å². The molecule has 0 bridgehead atoms. The number of methoxy groups -OCH3 is 2. The molecule has 1 amide bonds. The van der Waals surface area contributed by atoms with Crippen LogP contribution in [0, 0.1) is 6.92 Å². The van der Waals surface area contributed by atoms with Gasteiger partial charge in [0.25, 0.3) is 5.91 Å². The molecule has 0 saturated carbocycles. The molecule has 0 spiro atoms. The lowest BCUT2D eigenvalue weighted by molar-refractivity contribution is 0.0743. The molecule has 2 aromatic rings. The van der Waals surface area contributed by atoms with Crippen molar-refractivity contribution < 1.29 is 14.3 Å². The molecule has 3 rings (SSSR count). The Morgan fingerprint density at radius 3 is 2.46 bits per heavy atom. The molecule has 26 heavy (non-hydrogen) atoms. The number of anilines is 1. The van der Waals surface area contributed by atoms with Crippen molar-refractivity contribution in [1.29, 1.82) is 0 Å². The fraction of sp³-hybridized carbons (Fsp3) is 0.389. The Hall–Kier alpha value is -2.54. The van der Waals surface area contributed by atoms with Gasteiger partial charge < -0.3 is 19.3 Å². The van der Waals surface area contributed by atoms with E-state index in [1.807, 2.05) is 13.0 Å². The van der Waals surface area contributed by atoms with E-state index in [9.17, 15) is 4.79 Å². The number of hydrogen-bond donors (Lipinski definition) is 0. The zero-order chi connectivity index (χ0) is 18.7. The maximum atomic E-state index is 12.9. The minimum atomic E-state index is -0.0829. The van der Waals surface area contributed by atoms with Gasteiger partial charge in [0.15, 0.2) is 0 Å². The van der Waals surface area contributed by atoms with Crippen LogP contribution in [0.3, 0.4) is 0 Å². The largest absolute Gasteiger partial charge is 0.496 e. The second kappa shape index (κ2) is 7.78. The highest BCUT2D eigenvalue weighted by molar-refractivity contribution is 6.31. The van der Waals surface area contributed by atoms with Crippen LogP contribution in [0.15, 0.2) is 24.3 Å². The number of benzene rings is 1. The average molecular weight is 377 g/mol. The van der Waals surface area contributed by atoms with E-state index in [0.717, 1.165) is 5.82 Å². The van der Waals surface area contributed by atoms with E-state index in [1.54, 1.807) is 37.3 Å². The van der Waals surface area contributed by atoms with Crippen LogP contribution in [0.25, 0.3) is 0 Å². The van der Waals surface area contributed by atoms with Gasteiger partial charge in [-0.05, 0) is 25.1 Å². The van der Waals surface area contributed by atoms with Gasteiger partial charge in [-0.15, -0.1) is 0 Å². The van der Waals surface area contributed by atoms with Gasteiger partial charge in [0.05, 0.1) is 19.8 Å². The highest BCUT2D eigenvalue weighted by Crippen LogP contribution is 2.25. The Morgan fingerprint density at radius 1 is 1.08 bits per heavy atom. The average Bonchev–Trinajstić information content (AvgIpc) is 2.67. The number of aromatic nitrogens is 2. The van der Waals surface area contributed by atoms with Crippen molar-refractivity contribution in [2.75, 3.05) is 45.3 Å². The molecule has 0 atom stereocenters. The smallest absolute Gasteiger partial charge is 0.257 e. The molecule has 1 aromatic carbocycles. The molecule has 138 valence electrons. The van der Waals surface area contributed by atoms with E-state index in [1.165, 1.54) is 0 Å². The third-order valence-electron chi connectivity index (χ3n) is 4.29. The highest BCUT2D eigenvalue weighted by Gasteiger charge is 2.25. The summed E-state index contributed by atoms with van der Waals surface area (Å²) in [4.78, 5) is 25.4. The monoisotopic (exact) mass is 376 g/mol. The summed E-state index contributed by atoms with van der Waals surface area (Å²) in [5.41, 5.74) is 0.480. The first-order valence-corrected chi connectivity index (χ1v) is 8.67. The van der Waals surface area contributed by atoms with Crippen LogP contribution in [-0.4, -0.2) is 61.2 Å². The fourth-order valence-corrected chi connectivity index (χ4v) is 3.12. The first-order chi connectivity index (χ1) is 12.5. The van der Waals surface area contributed by atoms with Crippen molar-refractivity contribution in [1.82, 2.24) is 14.9 Å². The second-order valence-corrected chi connectivity index (χ2v) is 6.38. The number of nitrogens with zero attached hydrogens (tertiary/aromatic N) is 4. The van der Waals surface area contributed by atoms with Crippen LogP contribution >= 0.6 is 11.6 Å². The summed E-state index contributed by atoms with van der Waals surface area (Å²) in [7, 11) is 3.13. The number of amides is 1. The summed E-state index contributed by atoms with van der Waals surface area (Å²) in [5.74, 6) is 2.44. The van der Waals surface area contributed by atoms with Crippen LogP contribution in [0.5, 0.6) is 11.6 Å². The van der Waals surface area contributed by atoms with Crippen LogP contribution in [0.4, 0.5) is 5.82 Å². The first-order valence-electron chi connectivity index (χ1n) is 8.29. The van der Waals surface area contributed by atoms with Gasteiger partial charge in [0.1, 0.15) is 17.4 Å². The van der Waals surface area contributed by atoms with Crippen molar-refractivity contribution in [3.63, 3.8) is 0 Å². The Balaban J connectivity index is 1.72. The number of carbonyl (C=O) groups is 1. The van der Waals surface area contributed by atoms with E-state index in [0.29, 0.717) is 54.2 Å². The molecule has 8 heteroatoms. The van der Waals surface area contributed by atoms with Crippen molar-refractivity contribution in [3.8, 4) is 11.6 Å². The number of rotatable bonds is 4. The number of aryl methyl sites for hydroxylation is 1. The molecule has 0 radical (unpaired) electrons. The van der Waals surface area contributed by atoms with E-state index in [4.69, 9.17) is 21.1 Å². The van der Waals surface area contributed by atoms with Gasteiger partial charge in [-0.1, -0.05) is 11.6 Å². The molecule has 1 aromatic heterocycles. The number of hydrogen-bond acceptors (Lipinski definition) is 6. The molecule has 1 aliphatic heterocycles. The summed E-state index contributed by atoms with van der Waals surface area (Å²) >= 11 is 6.04. The van der Waals surface area contributed by atoms with Crippen molar-refractivity contribution >= 4 is 23.3 Å². The summed E-state index contributed by atoms with van der Waals surface area (Å²) in [6, 6.07) is 6.87. The van der Waals surface area contributed by atoms with E-state index in [2.05, 4.69) is 14.9 Å². The number of ether oxygens (including phenoxy) is 2. The van der Waals surface area contributed by atoms with E-state index in [-0.39, 0.29) is 5.91 Å². The molecular formula is C18H21ClN4O3. The summed E-state index contributed by atoms with van der Waals surface area (Å²) < 4.78 is 10.5. The zero-order valence-electron chi connectivity index (χ0n) is 15.0. The van der Waals surface area contributed by atoms with Gasteiger partial charge in [0, 0.05) is 37.3 Å². The lowest BCUT2D eigenvalue weighted by Crippen LogP contribution is -2.49. The molecule has 1 saturated heterocycles. The summed E-state index contributed by atoms with van der Waals surface area (Å²) in [6.45, 7) is 4.35. The van der Waals surface area contributed by atoms with E-state index >= 15 is 0 Å². The Kier molecular flexibility index (Phi) is 5.46. The molecular weight excluding hydrogens is 356 g/mol. The lowest BCUT2D eigenvalue weighted by atomic mass is 10.1. The first kappa shape index (κ1) is 18.3. The minimum Gasteiger partial charge on any atom is -0.496 e. The maximum Gasteiger partial charge on any atom is 0.257 e. The number of halogens is 1. The molecule has 0 unspecified atom stereocenters. The second-order valence-electron chi connectivity index (χ2n) is 5.94. The molecule has 0 aliphatic carbocycles. The van der Waals surface area contributed by atoms with Crippen LogP contribution in [-0.2, 0) is 0 Å². The predicted molar refractivity (Wildman–Crippen MR) is 99.4 cm³/mol. The van der Waals surface area contributed by atoms with Gasteiger partial charge in [-0.2, -0.15) is 4.98 Å². The lowest BCUT2D eigenvalue weighted by Gasteiger charge is -2.35.